The summed E-state index contributed by atoms with van der Waals surface area (Å²) in [6.45, 7) is 2.23. The van der Waals surface area contributed by atoms with Crippen LogP contribution in [-0.4, -0.2) is 21.0 Å². The number of aryl methyl sites for hydroxylation is 1. The molecule has 0 unspecified atom stereocenters. The predicted octanol–water partition coefficient (Wildman–Crippen LogP) is 7.74. The van der Waals surface area contributed by atoms with Crippen molar-refractivity contribution in [3.05, 3.63) is 59.9 Å². The molecule has 2 aromatic rings. The fraction of sp³-hybridized carbons (Fsp3) is 0.552. The molecule has 1 fully saturated rings. The van der Waals surface area contributed by atoms with Gasteiger partial charge in [-0.3, -0.25) is 0 Å². The van der Waals surface area contributed by atoms with Crippen molar-refractivity contribution in [3.8, 4) is 11.4 Å². The number of nitrogens with zero attached hydrogens (tertiary/aromatic N) is 2. The fourth-order valence-corrected chi connectivity index (χ4v) is 4.96. The topological polar surface area (TPSA) is 63.1 Å². The van der Waals surface area contributed by atoms with Crippen molar-refractivity contribution in [2.24, 2.45) is 5.92 Å². The van der Waals surface area contributed by atoms with Crippen LogP contribution in [0.25, 0.3) is 11.4 Å². The second kappa shape index (κ2) is 13.9. The zero-order valence-electron chi connectivity index (χ0n) is 20.2. The van der Waals surface area contributed by atoms with E-state index in [1.807, 2.05) is 12.4 Å². The van der Waals surface area contributed by atoms with E-state index in [0.717, 1.165) is 36.6 Å². The number of carbonyl (C=O) groups is 1. The van der Waals surface area contributed by atoms with Crippen LogP contribution in [0.5, 0.6) is 0 Å². The first-order valence-corrected chi connectivity index (χ1v) is 13.0. The van der Waals surface area contributed by atoms with E-state index in [9.17, 15) is 4.79 Å². The van der Waals surface area contributed by atoms with Crippen LogP contribution >= 0.6 is 0 Å². The van der Waals surface area contributed by atoms with Crippen molar-refractivity contribution in [2.75, 3.05) is 0 Å². The highest BCUT2D eigenvalue weighted by atomic mass is 16.4. The van der Waals surface area contributed by atoms with Gasteiger partial charge in [-0.2, -0.15) is 0 Å². The van der Waals surface area contributed by atoms with E-state index in [1.165, 1.54) is 81.4 Å². The molecule has 0 atom stereocenters. The van der Waals surface area contributed by atoms with E-state index in [2.05, 4.69) is 41.2 Å². The molecule has 3 rings (SSSR count). The summed E-state index contributed by atoms with van der Waals surface area (Å²) in [6, 6.07) is 8.94. The van der Waals surface area contributed by atoms with Crippen LogP contribution in [0.4, 0.5) is 0 Å². The molecule has 33 heavy (non-hydrogen) atoms. The summed E-state index contributed by atoms with van der Waals surface area (Å²) >= 11 is 0. The average Bonchev–Trinajstić information content (AvgIpc) is 2.84. The summed E-state index contributed by atoms with van der Waals surface area (Å²) in [6.07, 6.45) is 22.8. The number of carboxylic acids is 1. The maximum atomic E-state index is 10.5. The Labute approximate surface area is 199 Å². The molecule has 0 saturated heterocycles. The quantitative estimate of drug-likeness (QED) is 0.251. The fourth-order valence-electron chi connectivity index (χ4n) is 4.96. The molecule has 1 aliphatic carbocycles. The number of unbranched alkanes of at least 4 members (excludes halogenated alkanes) is 5. The van der Waals surface area contributed by atoms with Crippen molar-refractivity contribution in [3.63, 3.8) is 0 Å². The predicted molar refractivity (Wildman–Crippen MR) is 135 cm³/mol. The van der Waals surface area contributed by atoms with Crippen molar-refractivity contribution < 1.29 is 9.90 Å². The Hall–Kier alpha value is -2.49. The van der Waals surface area contributed by atoms with Crippen molar-refractivity contribution in [1.82, 2.24) is 9.97 Å². The zero-order chi connectivity index (χ0) is 23.3. The van der Waals surface area contributed by atoms with Crippen LogP contribution in [0.3, 0.4) is 0 Å². The summed E-state index contributed by atoms with van der Waals surface area (Å²) in [4.78, 5) is 19.7. The van der Waals surface area contributed by atoms with Gasteiger partial charge in [-0.1, -0.05) is 69.4 Å². The Balaban J connectivity index is 1.38. The van der Waals surface area contributed by atoms with Crippen molar-refractivity contribution in [2.45, 2.75) is 96.3 Å². The first-order chi connectivity index (χ1) is 16.2. The molecular weight excluding hydrogens is 408 g/mol. The maximum absolute atomic E-state index is 10.5. The molecule has 1 N–H and O–H groups in total. The monoisotopic (exact) mass is 448 g/mol. The minimum absolute atomic E-state index is 0.679. The van der Waals surface area contributed by atoms with Crippen LogP contribution in [0.1, 0.15) is 101 Å². The lowest BCUT2D eigenvalue weighted by Gasteiger charge is -2.29. The van der Waals surface area contributed by atoms with E-state index < -0.39 is 5.97 Å². The molecule has 0 aliphatic heterocycles. The van der Waals surface area contributed by atoms with Gasteiger partial charge in [0, 0.05) is 24.0 Å². The highest BCUT2D eigenvalue weighted by Crippen LogP contribution is 2.38. The van der Waals surface area contributed by atoms with E-state index in [4.69, 9.17) is 5.11 Å². The van der Waals surface area contributed by atoms with Gasteiger partial charge in [0.05, 0.1) is 0 Å². The summed E-state index contributed by atoms with van der Waals surface area (Å²) in [5, 5.41) is 8.60. The maximum Gasteiger partial charge on any atom is 0.327 e. The highest BCUT2D eigenvalue weighted by Gasteiger charge is 2.22. The minimum Gasteiger partial charge on any atom is -0.478 e. The molecule has 1 saturated carbocycles. The highest BCUT2D eigenvalue weighted by molar-refractivity contribution is 5.79. The van der Waals surface area contributed by atoms with Crippen LogP contribution in [0, 0.1) is 5.92 Å². The number of aromatic nitrogens is 2. The Morgan fingerprint density at radius 3 is 2.36 bits per heavy atom. The van der Waals surface area contributed by atoms with Crippen LogP contribution in [-0.2, 0) is 11.2 Å². The van der Waals surface area contributed by atoms with Gasteiger partial charge in [0.2, 0.25) is 0 Å². The van der Waals surface area contributed by atoms with Crippen LogP contribution in [0.15, 0.2) is 48.8 Å². The summed E-state index contributed by atoms with van der Waals surface area (Å²) in [7, 11) is 0. The smallest absolute Gasteiger partial charge is 0.327 e. The second-order valence-corrected chi connectivity index (χ2v) is 9.59. The molecule has 1 aliphatic rings. The third kappa shape index (κ3) is 8.75. The van der Waals surface area contributed by atoms with Gasteiger partial charge < -0.3 is 5.11 Å². The third-order valence-corrected chi connectivity index (χ3v) is 7.00. The Kier molecular flexibility index (Phi) is 10.6. The SMILES string of the molecule is CCCCCc1cnc(-c2ccc([C@H]3CC[C@H](CCCCC/C=C/C(=O)O)CC3)cc2)nc1. The van der Waals surface area contributed by atoms with Gasteiger partial charge >= 0.3 is 5.97 Å². The van der Waals surface area contributed by atoms with Gasteiger partial charge in [-0.15, -0.1) is 0 Å². The van der Waals surface area contributed by atoms with Gasteiger partial charge in [-0.05, 0) is 74.3 Å². The lowest BCUT2D eigenvalue weighted by atomic mass is 9.77. The average molecular weight is 449 g/mol. The number of carboxylic acid groups (broad SMARTS) is 1. The molecule has 0 spiro atoms. The number of allylic oxidation sites excluding steroid dienone is 1. The van der Waals surface area contributed by atoms with E-state index in [1.54, 1.807) is 6.08 Å². The van der Waals surface area contributed by atoms with E-state index >= 15 is 0 Å². The van der Waals surface area contributed by atoms with Gasteiger partial charge in [-0.25, -0.2) is 14.8 Å². The third-order valence-electron chi connectivity index (χ3n) is 7.00. The number of rotatable bonds is 13. The molecule has 0 amide bonds. The van der Waals surface area contributed by atoms with Crippen molar-refractivity contribution in [1.29, 1.82) is 0 Å². The molecule has 0 bridgehead atoms. The van der Waals surface area contributed by atoms with Gasteiger partial charge in [0.15, 0.2) is 5.82 Å². The molecule has 1 aromatic carbocycles. The molecule has 1 heterocycles. The summed E-state index contributed by atoms with van der Waals surface area (Å²) in [5.41, 5.74) is 3.79. The number of hydrogen-bond acceptors (Lipinski definition) is 3. The standard InChI is InChI=1S/C29H40N2O2/c1-2-3-7-11-24-21-30-29(31-22-24)27-19-17-26(18-20-27)25-15-13-23(14-16-25)10-8-5-4-6-9-12-28(32)33/h9,12,17-23,25H,2-8,10-11,13-16H2,1H3,(H,32,33)/b12-9+/t23-,25-. The van der Waals surface area contributed by atoms with Crippen LogP contribution < -0.4 is 0 Å². The van der Waals surface area contributed by atoms with Crippen molar-refractivity contribution >= 4 is 5.97 Å². The van der Waals surface area contributed by atoms with Crippen LogP contribution in [0.2, 0.25) is 0 Å². The first-order valence-electron chi connectivity index (χ1n) is 13.0. The molecule has 4 heteroatoms. The molecule has 178 valence electrons. The van der Waals surface area contributed by atoms with E-state index in [-0.39, 0.29) is 0 Å². The number of benzene rings is 1. The minimum atomic E-state index is -0.846. The largest absolute Gasteiger partial charge is 0.478 e. The zero-order valence-corrected chi connectivity index (χ0v) is 20.2. The number of hydrogen-bond donors (Lipinski definition) is 1. The molecule has 1 aromatic heterocycles. The second-order valence-electron chi connectivity index (χ2n) is 9.59. The molecule has 0 radical (unpaired) electrons. The Morgan fingerprint density at radius 2 is 1.70 bits per heavy atom. The lowest BCUT2D eigenvalue weighted by molar-refractivity contribution is -0.131. The summed E-state index contributed by atoms with van der Waals surface area (Å²) in [5.74, 6) is 1.52. The molecule has 4 nitrogen and oxygen atoms in total. The van der Waals surface area contributed by atoms with Gasteiger partial charge in [0.25, 0.3) is 0 Å². The Morgan fingerprint density at radius 1 is 0.970 bits per heavy atom. The number of aliphatic carboxylic acids is 1. The molecular formula is C29H40N2O2. The van der Waals surface area contributed by atoms with E-state index in [0.29, 0.717) is 5.92 Å². The Bertz CT molecular complexity index is 850. The first kappa shape index (κ1) is 25.1. The normalized spacial score (nSPS) is 18.6. The lowest BCUT2D eigenvalue weighted by Crippen LogP contribution is -2.13. The van der Waals surface area contributed by atoms with Gasteiger partial charge in [0.1, 0.15) is 0 Å². The summed E-state index contributed by atoms with van der Waals surface area (Å²) < 4.78 is 0.